The molecule has 0 aliphatic rings. The molecule has 0 unspecified atom stereocenters. The van der Waals surface area contributed by atoms with Crippen LogP contribution in [0.2, 0.25) is 0 Å². The van der Waals surface area contributed by atoms with Crippen LogP contribution in [0.5, 0.6) is 0 Å². The average molecular weight is 296 g/mol. The third kappa shape index (κ3) is 2.76. The van der Waals surface area contributed by atoms with Crippen LogP contribution in [0.1, 0.15) is 21.8 Å². The summed E-state index contributed by atoms with van der Waals surface area (Å²) >= 11 is 0. The fourth-order valence-corrected chi connectivity index (χ4v) is 2.20. The Morgan fingerprint density at radius 2 is 2.09 bits per heavy atom. The Hall–Kier alpha value is -2.89. The predicted molar refractivity (Wildman–Crippen MR) is 80.6 cm³/mol. The monoisotopic (exact) mass is 296 g/mol. The van der Waals surface area contributed by atoms with Gasteiger partial charge in [0.15, 0.2) is 6.39 Å². The average Bonchev–Trinajstić information content (AvgIpc) is 3.18. The molecule has 0 N–H and O–H groups in total. The number of carbonyl (C=O) groups is 1. The van der Waals surface area contributed by atoms with Crippen LogP contribution in [0.3, 0.4) is 0 Å². The van der Waals surface area contributed by atoms with Crippen LogP contribution >= 0.6 is 0 Å². The summed E-state index contributed by atoms with van der Waals surface area (Å²) in [6.07, 6.45) is 4.91. The van der Waals surface area contributed by atoms with Crippen LogP contribution in [0.4, 0.5) is 0 Å². The normalized spacial score (nSPS) is 10.6. The summed E-state index contributed by atoms with van der Waals surface area (Å²) in [7, 11) is 1.74. The van der Waals surface area contributed by atoms with Gasteiger partial charge in [-0.1, -0.05) is 12.1 Å². The molecule has 6 heteroatoms. The zero-order valence-corrected chi connectivity index (χ0v) is 12.4. The predicted octanol–water partition coefficient (Wildman–Crippen LogP) is 2.44. The standard InChI is InChI=1S/C16H16N4O2/c1-12-15(22-11-17-12)16(21)19(2)10-13-4-6-14(7-5-13)20-9-3-8-18-20/h3-9,11H,10H2,1-2H3. The summed E-state index contributed by atoms with van der Waals surface area (Å²) in [6, 6.07) is 9.78. The number of carbonyl (C=O) groups excluding carboxylic acids is 1. The molecule has 0 aliphatic heterocycles. The summed E-state index contributed by atoms with van der Waals surface area (Å²) in [5.74, 6) is 0.113. The number of amides is 1. The van der Waals surface area contributed by atoms with Crippen LogP contribution in [0.15, 0.2) is 53.5 Å². The quantitative estimate of drug-likeness (QED) is 0.742. The lowest BCUT2D eigenvalue weighted by Crippen LogP contribution is -2.26. The SMILES string of the molecule is Cc1ncoc1C(=O)N(C)Cc1ccc(-n2cccn2)cc1. The van der Waals surface area contributed by atoms with Gasteiger partial charge in [-0.25, -0.2) is 9.67 Å². The first kappa shape index (κ1) is 14.1. The number of nitrogens with zero attached hydrogens (tertiary/aromatic N) is 4. The molecule has 6 nitrogen and oxygen atoms in total. The highest BCUT2D eigenvalue weighted by molar-refractivity contribution is 5.92. The van der Waals surface area contributed by atoms with Crippen LogP contribution in [0, 0.1) is 6.92 Å². The van der Waals surface area contributed by atoms with Crippen LogP contribution < -0.4 is 0 Å². The molecule has 2 heterocycles. The third-order valence-corrected chi connectivity index (χ3v) is 3.41. The van der Waals surface area contributed by atoms with Crippen molar-refractivity contribution < 1.29 is 9.21 Å². The number of benzene rings is 1. The second-order valence-corrected chi connectivity index (χ2v) is 5.05. The van der Waals surface area contributed by atoms with Crippen molar-refractivity contribution in [1.29, 1.82) is 0 Å². The van der Waals surface area contributed by atoms with Gasteiger partial charge >= 0.3 is 0 Å². The molecular weight excluding hydrogens is 280 g/mol. The van der Waals surface area contributed by atoms with Gasteiger partial charge in [-0.3, -0.25) is 4.79 Å². The molecule has 2 aromatic heterocycles. The lowest BCUT2D eigenvalue weighted by atomic mass is 10.2. The van der Waals surface area contributed by atoms with E-state index in [-0.39, 0.29) is 11.7 Å². The molecule has 0 saturated heterocycles. The van der Waals surface area contributed by atoms with Gasteiger partial charge in [0.25, 0.3) is 5.91 Å². The highest BCUT2D eigenvalue weighted by Crippen LogP contribution is 2.13. The van der Waals surface area contributed by atoms with Crippen molar-refractivity contribution in [3.05, 3.63) is 66.1 Å². The molecule has 112 valence electrons. The molecule has 22 heavy (non-hydrogen) atoms. The molecule has 1 aromatic carbocycles. The summed E-state index contributed by atoms with van der Waals surface area (Å²) in [4.78, 5) is 17.8. The van der Waals surface area contributed by atoms with E-state index in [2.05, 4.69) is 10.1 Å². The maximum absolute atomic E-state index is 12.3. The van der Waals surface area contributed by atoms with Gasteiger partial charge in [0.05, 0.1) is 11.4 Å². The van der Waals surface area contributed by atoms with Crippen molar-refractivity contribution in [3.63, 3.8) is 0 Å². The lowest BCUT2D eigenvalue weighted by molar-refractivity contribution is 0.0752. The van der Waals surface area contributed by atoms with E-state index in [1.165, 1.54) is 6.39 Å². The zero-order chi connectivity index (χ0) is 15.5. The molecule has 3 aromatic rings. The topological polar surface area (TPSA) is 64.2 Å². The Balaban J connectivity index is 1.70. The van der Waals surface area contributed by atoms with Gasteiger partial charge < -0.3 is 9.32 Å². The maximum Gasteiger partial charge on any atom is 0.291 e. The van der Waals surface area contributed by atoms with E-state index in [4.69, 9.17) is 4.42 Å². The Labute approximate surface area is 128 Å². The second kappa shape index (κ2) is 5.85. The van der Waals surface area contributed by atoms with E-state index in [1.807, 2.05) is 36.5 Å². The zero-order valence-electron chi connectivity index (χ0n) is 12.4. The first-order chi connectivity index (χ1) is 10.6. The molecular formula is C16H16N4O2. The molecule has 3 rings (SSSR count). The van der Waals surface area contributed by atoms with Crippen molar-refractivity contribution >= 4 is 5.91 Å². The third-order valence-electron chi connectivity index (χ3n) is 3.41. The molecule has 0 radical (unpaired) electrons. The summed E-state index contributed by atoms with van der Waals surface area (Å²) < 4.78 is 6.93. The second-order valence-electron chi connectivity index (χ2n) is 5.05. The fourth-order valence-electron chi connectivity index (χ4n) is 2.20. The number of aryl methyl sites for hydroxylation is 1. The van der Waals surface area contributed by atoms with Crippen molar-refractivity contribution in [2.24, 2.45) is 0 Å². The number of oxazole rings is 1. The molecule has 0 atom stereocenters. The molecule has 0 spiro atoms. The minimum Gasteiger partial charge on any atom is -0.438 e. The maximum atomic E-state index is 12.3. The minimum atomic E-state index is -0.175. The van der Waals surface area contributed by atoms with Crippen molar-refractivity contribution in [2.75, 3.05) is 7.05 Å². The fraction of sp³-hybridized carbons (Fsp3) is 0.188. The van der Waals surface area contributed by atoms with E-state index in [0.717, 1.165) is 11.3 Å². The molecule has 0 aliphatic carbocycles. The summed E-state index contributed by atoms with van der Waals surface area (Å²) in [6.45, 7) is 2.25. The Morgan fingerprint density at radius 3 is 2.68 bits per heavy atom. The number of hydrogen-bond acceptors (Lipinski definition) is 4. The number of aromatic nitrogens is 3. The Morgan fingerprint density at radius 1 is 1.32 bits per heavy atom. The van der Waals surface area contributed by atoms with E-state index >= 15 is 0 Å². The van der Waals surface area contributed by atoms with E-state index in [1.54, 1.807) is 29.7 Å². The highest BCUT2D eigenvalue weighted by Gasteiger charge is 2.18. The molecule has 1 amide bonds. The number of hydrogen-bond donors (Lipinski definition) is 0. The lowest BCUT2D eigenvalue weighted by Gasteiger charge is -2.16. The van der Waals surface area contributed by atoms with Gasteiger partial charge in [-0.05, 0) is 30.7 Å². The first-order valence-corrected chi connectivity index (χ1v) is 6.89. The molecule has 0 fully saturated rings. The smallest absolute Gasteiger partial charge is 0.291 e. The van der Waals surface area contributed by atoms with Crippen LogP contribution in [0.25, 0.3) is 5.69 Å². The van der Waals surface area contributed by atoms with Gasteiger partial charge in [0, 0.05) is 26.0 Å². The number of rotatable bonds is 4. The van der Waals surface area contributed by atoms with Gasteiger partial charge in [0.2, 0.25) is 5.76 Å². The summed E-state index contributed by atoms with van der Waals surface area (Å²) in [5, 5.41) is 4.18. The Kier molecular flexibility index (Phi) is 3.74. The van der Waals surface area contributed by atoms with Gasteiger partial charge in [-0.2, -0.15) is 5.10 Å². The van der Waals surface area contributed by atoms with Crippen molar-refractivity contribution in [3.8, 4) is 5.69 Å². The summed E-state index contributed by atoms with van der Waals surface area (Å²) in [5.41, 5.74) is 2.61. The minimum absolute atomic E-state index is 0.175. The van der Waals surface area contributed by atoms with E-state index in [9.17, 15) is 4.79 Å². The Bertz CT molecular complexity index is 760. The van der Waals surface area contributed by atoms with Crippen molar-refractivity contribution in [1.82, 2.24) is 19.7 Å². The van der Waals surface area contributed by atoms with Crippen LogP contribution in [-0.2, 0) is 6.54 Å². The highest BCUT2D eigenvalue weighted by atomic mass is 16.3. The molecule has 0 bridgehead atoms. The molecule has 0 saturated carbocycles. The first-order valence-electron chi connectivity index (χ1n) is 6.89. The van der Waals surface area contributed by atoms with Gasteiger partial charge in [-0.15, -0.1) is 0 Å². The van der Waals surface area contributed by atoms with Crippen molar-refractivity contribution in [2.45, 2.75) is 13.5 Å². The largest absolute Gasteiger partial charge is 0.438 e. The van der Waals surface area contributed by atoms with Crippen LogP contribution in [-0.4, -0.2) is 32.6 Å². The van der Waals surface area contributed by atoms with Gasteiger partial charge in [0.1, 0.15) is 0 Å². The van der Waals surface area contributed by atoms with E-state index in [0.29, 0.717) is 12.2 Å². The van der Waals surface area contributed by atoms with E-state index < -0.39 is 0 Å².